The molecule has 3 heteroatoms. The van der Waals surface area contributed by atoms with Gasteiger partial charge >= 0.3 is 0 Å². The molecule has 0 atom stereocenters. The second-order valence-electron chi connectivity index (χ2n) is 8.46. The molecule has 0 spiro atoms. The zero-order chi connectivity index (χ0) is 18.3. The third kappa shape index (κ3) is 7.52. The van der Waals surface area contributed by atoms with E-state index >= 15 is 0 Å². The molecule has 1 fully saturated rings. The van der Waals surface area contributed by atoms with Crippen molar-refractivity contribution >= 4 is 5.69 Å². The molecule has 0 saturated heterocycles. The number of allylic oxidation sites excluding steroid dienone is 1. The van der Waals surface area contributed by atoms with E-state index in [1.807, 2.05) is 0 Å². The van der Waals surface area contributed by atoms with Gasteiger partial charge in [0.25, 0.3) is 0 Å². The first-order valence-electron chi connectivity index (χ1n) is 9.73. The van der Waals surface area contributed by atoms with Crippen LogP contribution in [-0.2, 0) is 0 Å². The molecular formula is C22H36N2O. The fourth-order valence-corrected chi connectivity index (χ4v) is 3.37. The lowest BCUT2D eigenvalue weighted by atomic mass is 9.90. The van der Waals surface area contributed by atoms with E-state index in [1.54, 1.807) is 0 Å². The summed E-state index contributed by atoms with van der Waals surface area (Å²) in [6, 6.07) is 8.50. The fraction of sp³-hybridized carbons (Fsp3) is 0.636. The summed E-state index contributed by atoms with van der Waals surface area (Å²) in [6.07, 6.45) is 9.01. The highest BCUT2D eigenvalue weighted by atomic mass is 16.5. The van der Waals surface area contributed by atoms with Crippen molar-refractivity contribution in [3.63, 3.8) is 0 Å². The zero-order valence-electron chi connectivity index (χ0n) is 16.6. The number of hydrogen-bond donors (Lipinski definition) is 1. The molecule has 0 unspecified atom stereocenters. The minimum absolute atomic E-state index is 0.231. The Labute approximate surface area is 154 Å². The lowest BCUT2D eigenvalue weighted by molar-refractivity contribution is 0.209. The second kappa shape index (κ2) is 9.28. The summed E-state index contributed by atoms with van der Waals surface area (Å²) in [5.41, 5.74) is 8.54. The molecular weight excluding hydrogens is 308 g/mol. The highest BCUT2D eigenvalue weighted by Gasteiger charge is 2.17. The smallest absolute Gasteiger partial charge is 0.119 e. The number of rotatable bonds is 8. The molecule has 0 bridgehead atoms. The Bertz CT molecular complexity index is 532. The molecule has 0 amide bonds. The molecule has 0 aliphatic heterocycles. The molecule has 0 heterocycles. The zero-order valence-corrected chi connectivity index (χ0v) is 16.6. The first-order valence-corrected chi connectivity index (χ1v) is 9.73. The van der Waals surface area contributed by atoms with E-state index in [9.17, 15) is 0 Å². The summed E-state index contributed by atoms with van der Waals surface area (Å²) in [4.78, 5) is 2.33. The largest absolute Gasteiger partial charge is 0.493 e. The van der Waals surface area contributed by atoms with E-state index < -0.39 is 0 Å². The summed E-state index contributed by atoms with van der Waals surface area (Å²) in [6.45, 7) is 11.0. The second-order valence-corrected chi connectivity index (χ2v) is 8.46. The monoisotopic (exact) mass is 344 g/mol. The Morgan fingerprint density at radius 2 is 1.80 bits per heavy atom. The van der Waals surface area contributed by atoms with Crippen molar-refractivity contribution in [1.29, 1.82) is 0 Å². The molecule has 0 radical (unpaired) electrons. The third-order valence-corrected chi connectivity index (χ3v) is 4.73. The lowest BCUT2D eigenvalue weighted by Crippen LogP contribution is -2.45. The summed E-state index contributed by atoms with van der Waals surface area (Å²) >= 11 is 0. The van der Waals surface area contributed by atoms with Crippen molar-refractivity contribution < 1.29 is 4.74 Å². The standard InChI is InChI=1S/C22H36N2O/c1-18(2)14-15-24(17-22(3,4)23)20-10-12-21(13-11-20)25-16-19-8-6-5-7-9-19/h10-14,19H,5-9,15-17,23H2,1-4H3. The summed E-state index contributed by atoms with van der Waals surface area (Å²) in [5.74, 6) is 1.71. The van der Waals surface area contributed by atoms with Gasteiger partial charge in [0, 0.05) is 24.3 Å². The Balaban J connectivity index is 1.97. The summed E-state index contributed by atoms with van der Waals surface area (Å²) in [7, 11) is 0. The maximum absolute atomic E-state index is 6.25. The van der Waals surface area contributed by atoms with Crippen LogP contribution in [-0.4, -0.2) is 25.2 Å². The van der Waals surface area contributed by atoms with Crippen molar-refractivity contribution in [2.75, 3.05) is 24.6 Å². The van der Waals surface area contributed by atoms with Crippen LogP contribution >= 0.6 is 0 Å². The van der Waals surface area contributed by atoms with Crippen molar-refractivity contribution in [1.82, 2.24) is 0 Å². The third-order valence-electron chi connectivity index (χ3n) is 4.73. The van der Waals surface area contributed by atoms with Crippen molar-refractivity contribution in [3.05, 3.63) is 35.9 Å². The molecule has 3 nitrogen and oxygen atoms in total. The van der Waals surface area contributed by atoms with Gasteiger partial charge < -0.3 is 15.4 Å². The highest BCUT2D eigenvalue weighted by molar-refractivity contribution is 5.50. The van der Waals surface area contributed by atoms with E-state index in [4.69, 9.17) is 10.5 Å². The molecule has 1 aromatic carbocycles. The fourth-order valence-electron chi connectivity index (χ4n) is 3.37. The van der Waals surface area contributed by atoms with E-state index in [-0.39, 0.29) is 5.54 Å². The van der Waals surface area contributed by atoms with Crippen molar-refractivity contribution in [2.45, 2.75) is 65.3 Å². The predicted octanol–water partition coefficient (Wildman–Crippen LogP) is 5.16. The van der Waals surface area contributed by atoms with Gasteiger partial charge in [0.1, 0.15) is 5.75 Å². The van der Waals surface area contributed by atoms with Crippen LogP contribution in [0.1, 0.15) is 59.8 Å². The van der Waals surface area contributed by atoms with Crippen LogP contribution in [0, 0.1) is 5.92 Å². The normalized spacial score (nSPS) is 15.7. The number of nitrogens with two attached hydrogens (primary N) is 1. The minimum Gasteiger partial charge on any atom is -0.493 e. The van der Waals surface area contributed by atoms with Crippen LogP contribution in [0.15, 0.2) is 35.9 Å². The molecule has 0 aromatic heterocycles. The topological polar surface area (TPSA) is 38.5 Å². The molecule has 1 aliphatic rings. The molecule has 1 aromatic rings. The molecule has 1 saturated carbocycles. The van der Waals surface area contributed by atoms with Gasteiger partial charge in [0.2, 0.25) is 0 Å². The van der Waals surface area contributed by atoms with Crippen LogP contribution in [0.3, 0.4) is 0 Å². The number of ether oxygens (including phenoxy) is 1. The summed E-state index contributed by atoms with van der Waals surface area (Å²) < 4.78 is 6.02. The van der Waals surface area contributed by atoms with E-state index in [0.717, 1.165) is 31.4 Å². The van der Waals surface area contributed by atoms with Crippen molar-refractivity contribution in [3.8, 4) is 5.75 Å². The molecule has 2 rings (SSSR count). The van der Waals surface area contributed by atoms with Crippen LogP contribution < -0.4 is 15.4 Å². The molecule has 140 valence electrons. The number of anilines is 1. The van der Waals surface area contributed by atoms with Gasteiger partial charge in [-0.15, -0.1) is 0 Å². The van der Waals surface area contributed by atoms with Gasteiger partial charge in [0.05, 0.1) is 6.61 Å². The van der Waals surface area contributed by atoms with Gasteiger partial charge in [-0.05, 0) is 70.7 Å². The van der Waals surface area contributed by atoms with E-state index in [1.165, 1.54) is 43.4 Å². The average molecular weight is 345 g/mol. The van der Waals surface area contributed by atoms with Crippen LogP contribution in [0.2, 0.25) is 0 Å². The predicted molar refractivity (Wildman–Crippen MR) is 108 cm³/mol. The number of hydrogen-bond acceptors (Lipinski definition) is 3. The average Bonchev–Trinajstić information content (AvgIpc) is 2.57. The van der Waals surface area contributed by atoms with Gasteiger partial charge in [-0.25, -0.2) is 0 Å². The molecule has 2 N–H and O–H groups in total. The Morgan fingerprint density at radius 1 is 1.16 bits per heavy atom. The van der Waals surface area contributed by atoms with Crippen LogP contribution in [0.5, 0.6) is 5.75 Å². The van der Waals surface area contributed by atoms with Crippen LogP contribution in [0.4, 0.5) is 5.69 Å². The van der Waals surface area contributed by atoms with Gasteiger partial charge in [-0.2, -0.15) is 0 Å². The number of nitrogens with zero attached hydrogens (tertiary/aromatic N) is 1. The quantitative estimate of drug-likeness (QED) is 0.662. The maximum atomic E-state index is 6.25. The Hall–Kier alpha value is -1.48. The molecule has 25 heavy (non-hydrogen) atoms. The molecule has 1 aliphatic carbocycles. The van der Waals surface area contributed by atoms with E-state index in [0.29, 0.717) is 0 Å². The van der Waals surface area contributed by atoms with Crippen molar-refractivity contribution in [2.24, 2.45) is 11.7 Å². The SMILES string of the molecule is CC(C)=CCN(CC(C)(C)N)c1ccc(OCC2CCCCC2)cc1. The highest BCUT2D eigenvalue weighted by Crippen LogP contribution is 2.26. The van der Waals surface area contributed by atoms with Gasteiger partial charge in [-0.3, -0.25) is 0 Å². The minimum atomic E-state index is -0.231. The van der Waals surface area contributed by atoms with E-state index in [2.05, 4.69) is 62.9 Å². The number of benzene rings is 1. The summed E-state index contributed by atoms with van der Waals surface area (Å²) in [5, 5.41) is 0. The first kappa shape index (κ1) is 19.8. The lowest BCUT2D eigenvalue weighted by Gasteiger charge is -2.31. The maximum Gasteiger partial charge on any atom is 0.119 e. The Morgan fingerprint density at radius 3 is 2.36 bits per heavy atom. The van der Waals surface area contributed by atoms with Gasteiger partial charge in [0.15, 0.2) is 0 Å². The van der Waals surface area contributed by atoms with Gasteiger partial charge in [-0.1, -0.05) is 30.9 Å². The Kier molecular flexibility index (Phi) is 7.37. The first-order chi connectivity index (χ1) is 11.8. The van der Waals surface area contributed by atoms with Crippen LogP contribution in [0.25, 0.3) is 0 Å².